The molecule has 9 nitrogen and oxygen atoms in total. The van der Waals surface area contributed by atoms with Crippen LogP contribution in [0.25, 0.3) is 0 Å². The molecular weight excluding hydrogens is 468 g/mol. The molecule has 1 unspecified atom stereocenters. The summed E-state index contributed by atoms with van der Waals surface area (Å²) in [7, 11) is -5.67. The first-order valence-corrected chi connectivity index (χ1v) is 13.5. The molecule has 1 atom stereocenters. The molecule has 0 aliphatic carbocycles. The number of ether oxygens (including phenoxy) is 1. The first-order valence-electron chi connectivity index (χ1n) is 10.2. The van der Waals surface area contributed by atoms with E-state index in [1.165, 1.54) is 30.1 Å². The van der Waals surface area contributed by atoms with Crippen molar-refractivity contribution in [3.63, 3.8) is 0 Å². The van der Waals surface area contributed by atoms with E-state index in [-0.39, 0.29) is 22.0 Å². The van der Waals surface area contributed by atoms with Gasteiger partial charge in [-0.3, -0.25) is 9.52 Å². The average molecular weight is 495 g/mol. The minimum Gasteiger partial charge on any atom is -0.452 e. The Morgan fingerprint density at radius 3 is 2.52 bits per heavy atom. The van der Waals surface area contributed by atoms with E-state index in [2.05, 4.69) is 4.72 Å². The molecule has 3 rings (SSSR count). The molecule has 1 amide bonds. The Bertz CT molecular complexity index is 1290. The Kier molecular flexibility index (Phi) is 7.13. The number of benzene rings is 2. The van der Waals surface area contributed by atoms with Crippen LogP contribution in [0.3, 0.4) is 0 Å². The number of likely N-dealkylation sites (N-methyl/N-ethyl adjacent to an activating group) is 1. The van der Waals surface area contributed by atoms with Crippen LogP contribution in [0.1, 0.15) is 27.9 Å². The van der Waals surface area contributed by atoms with Crippen molar-refractivity contribution in [2.24, 2.45) is 0 Å². The highest BCUT2D eigenvalue weighted by molar-refractivity contribution is 7.92. The predicted molar refractivity (Wildman–Crippen MR) is 123 cm³/mol. The molecule has 0 aromatic heterocycles. The quantitative estimate of drug-likeness (QED) is 0.583. The summed E-state index contributed by atoms with van der Waals surface area (Å²) in [5.74, 6) is -1.49. The maximum Gasteiger partial charge on any atom is 0.338 e. The molecule has 2 aromatic carbocycles. The van der Waals surface area contributed by atoms with Gasteiger partial charge in [0.15, 0.2) is 16.4 Å². The summed E-state index contributed by atoms with van der Waals surface area (Å²) < 4.78 is 56.6. The van der Waals surface area contributed by atoms with Gasteiger partial charge in [-0.15, -0.1) is 0 Å². The average Bonchev–Trinajstić information content (AvgIpc) is 3.10. The Morgan fingerprint density at radius 2 is 1.88 bits per heavy atom. The summed E-state index contributed by atoms with van der Waals surface area (Å²) in [5, 5.41) is 0. The van der Waals surface area contributed by atoms with Gasteiger partial charge in [-0.2, -0.15) is 0 Å². The van der Waals surface area contributed by atoms with Gasteiger partial charge < -0.3 is 9.64 Å². The van der Waals surface area contributed by atoms with Crippen LogP contribution in [0.2, 0.25) is 0 Å². The van der Waals surface area contributed by atoms with Gasteiger partial charge in [-0.1, -0.05) is 18.2 Å². The fraction of sp³-hybridized carbons (Fsp3) is 0.364. The smallest absolute Gasteiger partial charge is 0.338 e. The molecule has 2 aromatic rings. The normalized spacial score (nSPS) is 17.4. The number of anilines is 1. The molecule has 0 radical (unpaired) electrons. The highest BCUT2D eigenvalue weighted by Crippen LogP contribution is 2.22. The third kappa shape index (κ3) is 6.11. The van der Waals surface area contributed by atoms with Crippen molar-refractivity contribution in [1.82, 2.24) is 4.90 Å². The van der Waals surface area contributed by atoms with E-state index >= 15 is 0 Å². The molecule has 1 fully saturated rings. The van der Waals surface area contributed by atoms with Crippen molar-refractivity contribution in [2.75, 3.05) is 29.9 Å². The third-order valence-corrected chi connectivity index (χ3v) is 8.73. The molecule has 1 N–H and O–H groups in total. The summed E-state index contributed by atoms with van der Waals surface area (Å²) in [6, 6.07) is 10.5. The number of aryl methyl sites for hydroxylation is 2. The second-order valence-corrected chi connectivity index (χ2v) is 12.0. The standard InChI is InChI=1S/C22H26N2O7S2/c1-15-5-4-6-18(11-15)23-33(29,30)20-12-17(8-7-16(20)2)22(26)31-13-21(25)24(3)19-9-10-32(27,28)14-19/h4-8,11-12,19,23H,9-10,13-14H2,1-3H3. The minimum atomic E-state index is -3.97. The molecule has 0 spiro atoms. The lowest BCUT2D eigenvalue weighted by Crippen LogP contribution is -2.40. The molecule has 178 valence electrons. The lowest BCUT2D eigenvalue weighted by atomic mass is 10.1. The fourth-order valence-corrected chi connectivity index (χ4v) is 6.63. The Hall–Kier alpha value is -2.92. The zero-order valence-corrected chi connectivity index (χ0v) is 20.2. The largest absolute Gasteiger partial charge is 0.452 e. The van der Waals surface area contributed by atoms with Gasteiger partial charge in [0.05, 0.1) is 22.0 Å². The number of sulfone groups is 1. The molecule has 1 saturated heterocycles. The predicted octanol–water partition coefficient (Wildman–Crippen LogP) is 1.91. The summed E-state index contributed by atoms with van der Waals surface area (Å²) in [6.07, 6.45) is 0.339. The van der Waals surface area contributed by atoms with Crippen LogP contribution in [-0.2, 0) is 29.4 Å². The summed E-state index contributed by atoms with van der Waals surface area (Å²) in [6.45, 7) is 2.86. The first kappa shape index (κ1) is 24.7. The number of nitrogens with zero attached hydrogens (tertiary/aromatic N) is 1. The Morgan fingerprint density at radius 1 is 1.15 bits per heavy atom. The molecule has 0 bridgehead atoms. The van der Waals surface area contributed by atoms with E-state index in [1.807, 2.05) is 13.0 Å². The second-order valence-electron chi connectivity index (χ2n) is 8.09. The summed E-state index contributed by atoms with van der Waals surface area (Å²) >= 11 is 0. The van der Waals surface area contributed by atoms with Crippen LogP contribution in [0.4, 0.5) is 5.69 Å². The molecular formula is C22H26N2O7S2. The molecule has 11 heteroatoms. The molecule has 33 heavy (non-hydrogen) atoms. The third-order valence-electron chi connectivity index (χ3n) is 5.46. The fourth-order valence-electron chi connectivity index (χ4n) is 3.53. The number of hydrogen-bond acceptors (Lipinski definition) is 7. The Labute approximate surface area is 193 Å². The van der Waals surface area contributed by atoms with E-state index < -0.39 is 44.4 Å². The van der Waals surface area contributed by atoms with E-state index in [9.17, 15) is 26.4 Å². The monoisotopic (exact) mass is 494 g/mol. The SMILES string of the molecule is Cc1cccc(NS(=O)(=O)c2cc(C(=O)OCC(=O)N(C)C3CCS(=O)(=O)C3)ccc2C)c1. The maximum atomic E-state index is 12.9. The number of rotatable bonds is 7. The van der Waals surface area contributed by atoms with E-state index in [0.29, 0.717) is 17.7 Å². The van der Waals surface area contributed by atoms with Crippen LogP contribution < -0.4 is 4.72 Å². The number of sulfonamides is 1. The van der Waals surface area contributed by atoms with E-state index in [4.69, 9.17) is 4.74 Å². The topological polar surface area (TPSA) is 127 Å². The van der Waals surface area contributed by atoms with Crippen LogP contribution in [0.15, 0.2) is 47.4 Å². The van der Waals surface area contributed by atoms with Crippen molar-refractivity contribution in [3.05, 3.63) is 59.2 Å². The number of nitrogens with one attached hydrogen (secondary N) is 1. The first-order chi connectivity index (χ1) is 15.4. The molecule has 0 saturated carbocycles. The van der Waals surface area contributed by atoms with Gasteiger partial charge in [0, 0.05) is 18.8 Å². The summed E-state index contributed by atoms with van der Waals surface area (Å²) in [4.78, 5) is 26.0. The molecule has 1 aliphatic heterocycles. The van der Waals surface area contributed by atoms with Crippen molar-refractivity contribution >= 4 is 37.4 Å². The van der Waals surface area contributed by atoms with Crippen molar-refractivity contribution in [1.29, 1.82) is 0 Å². The second kappa shape index (κ2) is 9.52. The van der Waals surface area contributed by atoms with Gasteiger partial charge in [-0.05, 0) is 55.7 Å². The van der Waals surface area contributed by atoms with Gasteiger partial charge in [0.1, 0.15) is 0 Å². The molecule has 1 aliphatic rings. The van der Waals surface area contributed by atoms with Crippen molar-refractivity contribution < 1.29 is 31.2 Å². The highest BCUT2D eigenvalue weighted by atomic mass is 32.2. The minimum absolute atomic E-state index is 0.0201. The number of carbonyl (C=O) groups excluding carboxylic acids is 2. The number of esters is 1. The van der Waals surface area contributed by atoms with Crippen LogP contribution in [0, 0.1) is 13.8 Å². The zero-order valence-electron chi connectivity index (χ0n) is 18.6. The Balaban J connectivity index is 1.69. The van der Waals surface area contributed by atoms with E-state index in [1.54, 1.807) is 25.1 Å². The van der Waals surface area contributed by atoms with Crippen LogP contribution in [-0.4, -0.2) is 64.8 Å². The molecule has 1 heterocycles. The van der Waals surface area contributed by atoms with Gasteiger partial charge >= 0.3 is 5.97 Å². The van der Waals surface area contributed by atoms with Gasteiger partial charge in [-0.25, -0.2) is 21.6 Å². The van der Waals surface area contributed by atoms with Crippen LogP contribution in [0.5, 0.6) is 0 Å². The number of carbonyl (C=O) groups is 2. The van der Waals surface area contributed by atoms with Crippen molar-refractivity contribution in [3.8, 4) is 0 Å². The summed E-state index contributed by atoms with van der Waals surface area (Å²) in [5.41, 5.74) is 1.69. The lowest BCUT2D eigenvalue weighted by Gasteiger charge is -2.23. The number of amides is 1. The lowest BCUT2D eigenvalue weighted by molar-refractivity contribution is -0.134. The van der Waals surface area contributed by atoms with Crippen LogP contribution >= 0.6 is 0 Å². The van der Waals surface area contributed by atoms with Crippen molar-refractivity contribution in [2.45, 2.75) is 31.2 Å². The number of hydrogen-bond donors (Lipinski definition) is 1. The zero-order chi connectivity index (χ0) is 24.4. The van der Waals surface area contributed by atoms with Gasteiger partial charge in [0.25, 0.3) is 15.9 Å². The van der Waals surface area contributed by atoms with E-state index in [0.717, 1.165) is 5.56 Å². The maximum absolute atomic E-state index is 12.9. The highest BCUT2D eigenvalue weighted by Gasteiger charge is 2.33. The van der Waals surface area contributed by atoms with Gasteiger partial charge in [0.2, 0.25) is 0 Å².